The van der Waals surface area contributed by atoms with Crippen LogP contribution >= 0.6 is 11.6 Å². The van der Waals surface area contributed by atoms with Gasteiger partial charge in [-0.1, -0.05) is 24.6 Å². The van der Waals surface area contributed by atoms with Crippen LogP contribution in [0.5, 0.6) is 0 Å². The van der Waals surface area contributed by atoms with Gasteiger partial charge in [-0.3, -0.25) is 4.79 Å². The van der Waals surface area contributed by atoms with Crippen LogP contribution in [0.15, 0.2) is 18.2 Å². The van der Waals surface area contributed by atoms with Gasteiger partial charge < -0.3 is 10.0 Å². The zero-order chi connectivity index (χ0) is 14.0. The molecule has 1 aliphatic heterocycles. The van der Waals surface area contributed by atoms with Gasteiger partial charge in [0.2, 0.25) is 5.91 Å². The predicted octanol–water partition coefficient (Wildman–Crippen LogP) is 2.25. The van der Waals surface area contributed by atoms with Crippen LogP contribution in [0.25, 0.3) is 0 Å². The maximum atomic E-state index is 13.6. The van der Waals surface area contributed by atoms with Gasteiger partial charge >= 0.3 is 0 Å². The molecule has 1 aromatic rings. The van der Waals surface area contributed by atoms with Crippen LogP contribution in [0.1, 0.15) is 18.9 Å². The van der Waals surface area contributed by atoms with Crippen molar-refractivity contribution in [1.29, 1.82) is 0 Å². The lowest BCUT2D eigenvalue weighted by atomic mass is 9.96. The molecule has 1 N–H and O–H groups in total. The lowest BCUT2D eigenvalue weighted by molar-refractivity contribution is -0.134. The molecule has 3 nitrogen and oxygen atoms in total. The fourth-order valence-electron chi connectivity index (χ4n) is 2.32. The lowest BCUT2D eigenvalue weighted by Crippen LogP contribution is -2.45. The first-order valence-electron chi connectivity index (χ1n) is 6.37. The number of hydrogen-bond donors (Lipinski definition) is 1. The molecule has 0 aromatic heterocycles. The molecule has 1 amide bonds. The Bertz CT molecular complexity index is 460. The number of amides is 1. The van der Waals surface area contributed by atoms with Crippen LogP contribution in [0.3, 0.4) is 0 Å². The molecule has 1 fully saturated rings. The summed E-state index contributed by atoms with van der Waals surface area (Å²) in [5.74, 6) is -0.550. The first-order chi connectivity index (χ1) is 8.99. The average molecular weight is 286 g/mol. The number of likely N-dealkylation sites (tertiary alicyclic amines) is 1. The quantitative estimate of drug-likeness (QED) is 0.905. The second kappa shape index (κ2) is 5.88. The Labute approximate surface area is 117 Å². The molecule has 104 valence electrons. The van der Waals surface area contributed by atoms with Crippen molar-refractivity contribution in [2.45, 2.75) is 25.9 Å². The molecule has 1 aromatic carbocycles. The van der Waals surface area contributed by atoms with Crippen molar-refractivity contribution in [2.75, 3.05) is 13.1 Å². The molecule has 1 heterocycles. The molecule has 2 rings (SSSR count). The van der Waals surface area contributed by atoms with Crippen LogP contribution < -0.4 is 0 Å². The van der Waals surface area contributed by atoms with Gasteiger partial charge in [0.25, 0.3) is 0 Å². The monoisotopic (exact) mass is 285 g/mol. The van der Waals surface area contributed by atoms with E-state index < -0.39 is 5.82 Å². The second-order valence-electron chi connectivity index (χ2n) is 5.05. The van der Waals surface area contributed by atoms with Crippen LogP contribution in [-0.4, -0.2) is 35.1 Å². The van der Waals surface area contributed by atoms with Gasteiger partial charge in [0, 0.05) is 23.7 Å². The number of nitrogens with zero attached hydrogens (tertiary/aromatic N) is 1. The summed E-state index contributed by atoms with van der Waals surface area (Å²) in [7, 11) is 0. The summed E-state index contributed by atoms with van der Waals surface area (Å²) in [4.78, 5) is 13.8. The van der Waals surface area contributed by atoms with Crippen LogP contribution in [0, 0.1) is 11.7 Å². The summed E-state index contributed by atoms with van der Waals surface area (Å²) in [6.07, 6.45) is 0.174. The number of carbonyl (C=O) groups excluding carboxylic acids is 1. The lowest BCUT2D eigenvalue weighted by Gasteiger charge is -2.34. The minimum atomic E-state index is -0.453. The maximum absolute atomic E-state index is 13.6. The minimum Gasteiger partial charge on any atom is -0.393 e. The summed E-state index contributed by atoms with van der Waals surface area (Å²) in [5, 5.41) is 9.91. The molecule has 2 atom stereocenters. The van der Waals surface area contributed by atoms with Crippen molar-refractivity contribution >= 4 is 17.5 Å². The molecule has 0 radical (unpaired) electrons. The van der Waals surface area contributed by atoms with Gasteiger partial charge in [-0.05, 0) is 24.5 Å². The molecule has 0 bridgehead atoms. The van der Waals surface area contributed by atoms with Crippen molar-refractivity contribution in [3.63, 3.8) is 0 Å². The largest absolute Gasteiger partial charge is 0.393 e. The highest BCUT2D eigenvalue weighted by atomic mass is 35.5. The van der Waals surface area contributed by atoms with Crippen LogP contribution in [0.4, 0.5) is 4.39 Å². The molecule has 1 saturated heterocycles. The molecule has 1 aliphatic rings. The Morgan fingerprint density at radius 1 is 1.58 bits per heavy atom. The third-order valence-electron chi connectivity index (χ3n) is 3.60. The molecule has 0 aliphatic carbocycles. The highest BCUT2D eigenvalue weighted by Gasteiger charge is 2.27. The number of aliphatic hydroxyl groups excluding tert-OH is 1. The maximum Gasteiger partial charge on any atom is 0.227 e. The molecular formula is C14H17ClFNO2. The van der Waals surface area contributed by atoms with Gasteiger partial charge in [0.1, 0.15) is 5.82 Å². The third-order valence-corrected chi connectivity index (χ3v) is 3.96. The van der Waals surface area contributed by atoms with E-state index in [9.17, 15) is 14.3 Å². The van der Waals surface area contributed by atoms with Gasteiger partial charge in [-0.2, -0.15) is 0 Å². The topological polar surface area (TPSA) is 40.5 Å². The summed E-state index contributed by atoms with van der Waals surface area (Å²) in [6, 6.07) is 4.40. The van der Waals surface area contributed by atoms with E-state index in [1.54, 1.807) is 11.0 Å². The molecule has 19 heavy (non-hydrogen) atoms. The molecular weight excluding hydrogens is 269 g/mol. The second-order valence-corrected chi connectivity index (χ2v) is 5.46. The fraction of sp³-hybridized carbons (Fsp3) is 0.500. The van der Waals surface area contributed by atoms with E-state index in [-0.39, 0.29) is 34.9 Å². The zero-order valence-corrected chi connectivity index (χ0v) is 11.5. The van der Waals surface area contributed by atoms with E-state index in [0.717, 1.165) is 0 Å². The third kappa shape index (κ3) is 3.25. The smallest absolute Gasteiger partial charge is 0.227 e. The van der Waals surface area contributed by atoms with Crippen molar-refractivity contribution in [3.05, 3.63) is 34.6 Å². The number of halogens is 2. The van der Waals surface area contributed by atoms with E-state index in [2.05, 4.69) is 0 Å². The van der Waals surface area contributed by atoms with Gasteiger partial charge in [0.15, 0.2) is 0 Å². The van der Waals surface area contributed by atoms with E-state index >= 15 is 0 Å². The zero-order valence-electron chi connectivity index (χ0n) is 10.8. The number of benzene rings is 1. The van der Waals surface area contributed by atoms with E-state index in [0.29, 0.717) is 19.5 Å². The molecule has 0 spiro atoms. The highest BCUT2D eigenvalue weighted by Crippen LogP contribution is 2.22. The number of carbonyl (C=O) groups is 1. The van der Waals surface area contributed by atoms with E-state index in [1.807, 2.05) is 6.92 Å². The number of aliphatic hydroxyl groups is 1. The summed E-state index contributed by atoms with van der Waals surface area (Å²) < 4.78 is 13.6. The standard InChI is InChI=1S/C14H17ClFNO2/c1-9-8-17(6-5-13(9)18)14(19)7-10-11(15)3-2-4-12(10)16/h2-4,9,13,18H,5-8H2,1H3. The Kier molecular flexibility index (Phi) is 4.42. The Morgan fingerprint density at radius 2 is 2.32 bits per heavy atom. The fourth-order valence-corrected chi connectivity index (χ4v) is 2.55. The van der Waals surface area contributed by atoms with Gasteiger partial charge in [-0.15, -0.1) is 0 Å². The summed E-state index contributed by atoms with van der Waals surface area (Å²) in [5.41, 5.74) is 0.243. The van der Waals surface area contributed by atoms with E-state index in [4.69, 9.17) is 11.6 Å². The number of piperidine rings is 1. The minimum absolute atomic E-state index is 0.0334. The predicted molar refractivity (Wildman–Crippen MR) is 71.5 cm³/mol. The first-order valence-corrected chi connectivity index (χ1v) is 6.75. The molecule has 2 unspecified atom stereocenters. The SMILES string of the molecule is CC1CN(C(=O)Cc2c(F)cccc2Cl)CCC1O. The first kappa shape index (κ1) is 14.3. The van der Waals surface area contributed by atoms with Crippen LogP contribution in [0.2, 0.25) is 5.02 Å². The molecule has 5 heteroatoms. The molecule has 0 saturated carbocycles. The Morgan fingerprint density at radius 3 is 2.95 bits per heavy atom. The number of hydrogen-bond acceptors (Lipinski definition) is 2. The summed E-state index contributed by atoms with van der Waals surface area (Å²) >= 11 is 5.91. The van der Waals surface area contributed by atoms with Crippen molar-refractivity contribution < 1.29 is 14.3 Å². The Hall–Kier alpha value is -1.13. The number of rotatable bonds is 2. The summed E-state index contributed by atoms with van der Waals surface area (Å²) in [6.45, 7) is 2.92. The van der Waals surface area contributed by atoms with Gasteiger partial charge in [-0.25, -0.2) is 4.39 Å². The van der Waals surface area contributed by atoms with Crippen LogP contribution in [-0.2, 0) is 11.2 Å². The normalized spacial score (nSPS) is 23.5. The van der Waals surface area contributed by atoms with Crippen molar-refractivity contribution in [2.24, 2.45) is 5.92 Å². The highest BCUT2D eigenvalue weighted by molar-refractivity contribution is 6.31. The van der Waals surface area contributed by atoms with E-state index in [1.165, 1.54) is 12.1 Å². The Balaban J connectivity index is 2.05. The van der Waals surface area contributed by atoms with Crippen molar-refractivity contribution in [3.8, 4) is 0 Å². The van der Waals surface area contributed by atoms with Crippen molar-refractivity contribution in [1.82, 2.24) is 4.90 Å². The van der Waals surface area contributed by atoms with Gasteiger partial charge in [0.05, 0.1) is 12.5 Å². The average Bonchev–Trinajstić information content (AvgIpc) is 2.37.